The van der Waals surface area contributed by atoms with Gasteiger partial charge in [-0.3, -0.25) is 19.3 Å². The van der Waals surface area contributed by atoms with Crippen molar-refractivity contribution in [3.8, 4) is 23.8 Å². The second-order valence-electron chi connectivity index (χ2n) is 6.22. The van der Waals surface area contributed by atoms with Crippen LogP contribution in [0.1, 0.15) is 15.9 Å². The summed E-state index contributed by atoms with van der Waals surface area (Å²) in [6, 6.07) is 10.2. The third kappa shape index (κ3) is 5.50. The van der Waals surface area contributed by atoms with Crippen LogP contribution < -0.4 is 9.47 Å². The molecule has 0 bridgehead atoms. The molecule has 0 atom stereocenters. The number of thioether (sulfide) groups is 1. The second-order valence-corrected chi connectivity index (χ2v) is 9.30. The summed E-state index contributed by atoms with van der Waals surface area (Å²) in [4.78, 5) is 38.8. The number of carbonyl (C=O) groups is 3. The van der Waals surface area contributed by atoms with Crippen LogP contribution in [0.15, 0.2) is 45.8 Å². The van der Waals surface area contributed by atoms with Gasteiger partial charge < -0.3 is 9.47 Å². The molecule has 1 heterocycles. The van der Waals surface area contributed by atoms with Crippen molar-refractivity contribution < 1.29 is 23.9 Å². The number of ether oxygens (including phenoxy) is 2. The van der Waals surface area contributed by atoms with E-state index in [9.17, 15) is 14.4 Å². The largest absolute Gasteiger partial charge is 0.493 e. The highest BCUT2D eigenvalue weighted by Crippen LogP contribution is 2.37. The zero-order chi connectivity index (χ0) is 22.5. The van der Waals surface area contributed by atoms with E-state index in [0.29, 0.717) is 22.6 Å². The first-order chi connectivity index (χ1) is 14.8. The van der Waals surface area contributed by atoms with Gasteiger partial charge in [-0.2, -0.15) is 0 Å². The lowest BCUT2D eigenvalue weighted by atomic mass is 10.1. The average Bonchev–Trinajstić information content (AvgIpc) is 3.00. The van der Waals surface area contributed by atoms with Gasteiger partial charge in [0.05, 0.1) is 22.1 Å². The zero-order valence-corrected chi connectivity index (χ0v) is 20.7. The number of nitrogens with zero attached hydrogens (tertiary/aromatic N) is 1. The van der Waals surface area contributed by atoms with Gasteiger partial charge in [-0.1, -0.05) is 34.0 Å². The van der Waals surface area contributed by atoms with Crippen molar-refractivity contribution in [1.29, 1.82) is 0 Å². The summed E-state index contributed by atoms with van der Waals surface area (Å²) in [6.45, 7) is -0.222. The summed E-state index contributed by atoms with van der Waals surface area (Å²) in [5, 5.41) is -0.489. The summed E-state index contributed by atoms with van der Waals surface area (Å²) < 4.78 is 12.5. The Bertz CT molecular complexity index is 1120. The molecule has 0 aromatic heterocycles. The van der Waals surface area contributed by atoms with E-state index in [-0.39, 0.29) is 23.8 Å². The number of imide groups is 1. The van der Waals surface area contributed by atoms with Crippen LogP contribution in [0.3, 0.4) is 0 Å². The van der Waals surface area contributed by atoms with Gasteiger partial charge in [-0.25, -0.2) is 0 Å². The lowest BCUT2D eigenvalue weighted by Gasteiger charge is -2.12. The van der Waals surface area contributed by atoms with E-state index >= 15 is 0 Å². The number of methoxy groups -OCH3 is 1. The minimum absolute atomic E-state index is 0.0942. The van der Waals surface area contributed by atoms with E-state index in [0.717, 1.165) is 24.7 Å². The van der Waals surface area contributed by atoms with Crippen molar-refractivity contribution in [2.24, 2.45) is 0 Å². The molecule has 158 valence electrons. The highest BCUT2D eigenvalue weighted by atomic mass is 127. The predicted molar refractivity (Wildman–Crippen MR) is 131 cm³/mol. The summed E-state index contributed by atoms with van der Waals surface area (Å²) in [7, 11) is 1.50. The first-order valence-corrected chi connectivity index (χ1v) is 11.5. The molecule has 3 rings (SSSR count). The molecule has 9 heteroatoms. The predicted octanol–water partition coefficient (Wildman–Crippen LogP) is 4.99. The maximum absolute atomic E-state index is 12.8. The number of rotatable bonds is 7. The smallest absolute Gasteiger partial charge is 0.293 e. The first kappa shape index (κ1) is 23.4. The van der Waals surface area contributed by atoms with Crippen molar-refractivity contribution in [3.63, 3.8) is 0 Å². The van der Waals surface area contributed by atoms with E-state index in [1.54, 1.807) is 42.5 Å². The SMILES string of the molecule is C#CCOc1c(I)cc(/C=C2/SC(=O)N(CC(=O)c3ccc(Br)cc3)C2=O)cc1OC. The Morgan fingerprint density at radius 3 is 2.65 bits per heavy atom. The van der Waals surface area contributed by atoms with Gasteiger partial charge in [0.2, 0.25) is 0 Å². The number of hydrogen-bond donors (Lipinski definition) is 0. The van der Waals surface area contributed by atoms with Crippen LogP contribution >= 0.6 is 50.3 Å². The van der Waals surface area contributed by atoms with Crippen LogP contribution in [-0.2, 0) is 4.79 Å². The summed E-state index contributed by atoms with van der Waals surface area (Å²) >= 11 is 6.18. The molecular weight excluding hydrogens is 597 g/mol. The summed E-state index contributed by atoms with van der Waals surface area (Å²) in [5.74, 6) is 2.53. The lowest BCUT2D eigenvalue weighted by molar-refractivity contribution is -0.122. The molecule has 1 saturated heterocycles. The molecule has 6 nitrogen and oxygen atoms in total. The number of terminal acetylenes is 1. The van der Waals surface area contributed by atoms with E-state index in [2.05, 4.69) is 44.4 Å². The van der Waals surface area contributed by atoms with Crippen molar-refractivity contribution in [2.45, 2.75) is 0 Å². The molecule has 0 N–H and O–H groups in total. The Morgan fingerprint density at radius 2 is 2.00 bits per heavy atom. The molecule has 2 aromatic rings. The molecule has 31 heavy (non-hydrogen) atoms. The molecule has 0 unspecified atom stereocenters. The molecule has 0 radical (unpaired) electrons. The van der Waals surface area contributed by atoms with Gasteiger partial charge >= 0.3 is 0 Å². The summed E-state index contributed by atoms with van der Waals surface area (Å²) in [6.07, 6.45) is 6.83. The van der Waals surface area contributed by atoms with Gasteiger partial charge in [0.15, 0.2) is 17.3 Å². The molecule has 1 aliphatic heterocycles. The monoisotopic (exact) mass is 611 g/mol. The molecule has 2 aromatic carbocycles. The highest BCUT2D eigenvalue weighted by molar-refractivity contribution is 14.1. The molecular formula is C22H15BrINO5S. The maximum Gasteiger partial charge on any atom is 0.293 e. The number of carbonyl (C=O) groups excluding carboxylic acids is 3. The quantitative estimate of drug-likeness (QED) is 0.190. The number of benzene rings is 2. The Morgan fingerprint density at radius 1 is 1.29 bits per heavy atom. The Hall–Kier alpha value is -2.29. The number of hydrogen-bond acceptors (Lipinski definition) is 6. The van der Waals surface area contributed by atoms with Crippen LogP contribution in [0.25, 0.3) is 6.08 Å². The van der Waals surface area contributed by atoms with Gasteiger partial charge in [0.1, 0.15) is 6.61 Å². The van der Waals surface area contributed by atoms with Gasteiger partial charge in [-0.05, 0) is 70.3 Å². The average molecular weight is 612 g/mol. The van der Waals surface area contributed by atoms with E-state index in [4.69, 9.17) is 15.9 Å². The topological polar surface area (TPSA) is 72.9 Å². The van der Waals surface area contributed by atoms with Crippen molar-refractivity contribution in [2.75, 3.05) is 20.3 Å². The number of Topliss-reactive ketones (excluding diaryl/α,β-unsaturated/α-hetero) is 1. The third-order valence-electron chi connectivity index (χ3n) is 4.19. The normalized spacial score (nSPS) is 14.6. The zero-order valence-electron chi connectivity index (χ0n) is 16.2. The van der Waals surface area contributed by atoms with Crippen LogP contribution in [0.2, 0.25) is 0 Å². The van der Waals surface area contributed by atoms with E-state index < -0.39 is 11.1 Å². The van der Waals surface area contributed by atoms with Gasteiger partial charge in [0.25, 0.3) is 11.1 Å². The van der Waals surface area contributed by atoms with Crippen molar-refractivity contribution >= 4 is 73.3 Å². The first-order valence-electron chi connectivity index (χ1n) is 8.82. The van der Waals surface area contributed by atoms with E-state index in [1.165, 1.54) is 7.11 Å². The second kappa shape index (κ2) is 10.3. The minimum atomic E-state index is -0.512. The molecule has 2 amide bonds. The van der Waals surface area contributed by atoms with Crippen LogP contribution in [-0.4, -0.2) is 42.1 Å². The number of amides is 2. The molecule has 0 saturated carbocycles. The summed E-state index contributed by atoms with van der Waals surface area (Å²) in [5.41, 5.74) is 1.08. The van der Waals surface area contributed by atoms with Crippen LogP contribution in [0.4, 0.5) is 4.79 Å². The Kier molecular flexibility index (Phi) is 7.80. The minimum Gasteiger partial charge on any atom is -0.493 e. The van der Waals surface area contributed by atoms with Crippen LogP contribution in [0.5, 0.6) is 11.5 Å². The standard InChI is InChI=1S/C22H15BrINO5S/c1-3-8-30-20-16(24)9-13(10-18(20)29-2)11-19-21(27)25(22(28)31-19)12-17(26)14-4-6-15(23)7-5-14/h1,4-7,9-11H,8,12H2,2H3/b19-11+. The maximum atomic E-state index is 12.8. The highest BCUT2D eigenvalue weighted by Gasteiger charge is 2.36. The molecule has 1 fully saturated rings. The Labute approximate surface area is 205 Å². The number of halogens is 2. The van der Waals surface area contributed by atoms with Crippen LogP contribution in [0, 0.1) is 15.9 Å². The fourth-order valence-electron chi connectivity index (χ4n) is 2.74. The van der Waals surface area contributed by atoms with Gasteiger partial charge in [-0.15, -0.1) is 6.42 Å². The fourth-order valence-corrected chi connectivity index (χ4v) is 4.62. The van der Waals surface area contributed by atoms with E-state index in [1.807, 2.05) is 0 Å². The van der Waals surface area contributed by atoms with Crippen molar-refractivity contribution in [1.82, 2.24) is 4.90 Å². The molecule has 0 spiro atoms. The fraction of sp³-hybridized carbons (Fsp3) is 0.136. The van der Waals surface area contributed by atoms with Gasteiger partial charge in [0, 0.05) is 10.0 Å². The lowest BCUT2D eigenvalue weighted by Crippen LogP contribution is -2.33. The number of ketones is 1. The van der Waals surface area contributed by atoms with Crippen molar-refractivity contribution in [3.05, 3.63) is 60.5 Å². The molecule has 0 aliphatic carbocycles. The Balaban J connectivity index is 1.81. The molecule has 1 aliphatic rings. The third-order valence-corrected chi connectivity index (χ3v) is 6.43.